The van der Waals surface area contributed by atoms with E-state index in [4.69, 9.17) is 5.73 Å². The number of nitrogens with zero attached hydrogens (tertiary/aromatic N) is 2. The zero-order chi connectivity index (χ0) is 10.0. The van der Waals surface area contributed by atoms with Gasteiger partial charge in [-0.25, -0.2) is 4.98 Å². The van der Waals surface area contributed by atoms with E-state index in [1.165, 1.54) is 11.3 Å². The second kappa shape index (κ2) is 3.85. The SMILES string of the molecule is Cc1nc(C(N)=O)sc1CN(C)C. The van der Waals surface area contributed by atoms with E-state index in [0.29, 0.717) is 5.01 Å². The molecule has 0 unspecified atom stereocenters. The van der Waals surface area contributed by atoms with Crippen molar-refractivity contribution in [2.24, 2.45) is 5.73 Å². The molecule has 13 heavy (non-hydrogen) atoms. The summed E-state index contributed by atoms with van der Waals surface area (Å²) in [6.45, 7) is 2.69. The molecule has 0 fully saturated rings. The number of nitrogens with two attached hydrogens (primary N) is 1. The molecule has 0 aliphatic heterocycles. The first-order valence-electron chi connectivity index (χ1n) is 3.91. The highest BCUT2D eigenvalue weighted by Gasteiger charge is 2.11. The molecule has 1 heterocycles. The molecule has 4 nitrogen and oxygen atoms in total. The van der Waals surface area contributed by atoms with Gasteiger partial charge < -0.3 is 10.6 Å². The minimum Gasteiger partial charge on any atom is -0.364 e. The quantitative estimate of drug-likeness (QED) is 0.776. The van der Waals surface area contributed by atoms with Crippen molar-refractivity contribution in [1.82, 2.24) is 9.88 Å². The summed E-state index contributed by atoms with van der Waals surface area (Å²) in [6.07, 6.45) is 0. The summed E-state index contributed by atoms with van der Waals surface area (Å²) in [5.41, 5.74) is 6.02. The largest absolute Gasteiger partial charge is 0.364 e. The van der Waals surface area contributed by atoms with Crippen molar-refractivity contribution in [1.29, 1.82) is 0 Å². The van der Waals surface area contributed by atoms with E-state index in [1.54, 1.807) is 0 Å². The van der Waals surface area contributed by atoms with E-state index in [-0.39, 0.29) is 0 Å². The fraction of sp³-hybridized carbons (Fsp3) is 0.500. The number of primary amides is 1. The van der Waals surface area contributed by atoms with Gasteiger partial charge in [-0.15, -0.1) is 11.3 Å². The minimum absolute atomic E-state index is 0.398. The van der Waals surface area contributed by atoms with Crippen molar-refractivity contribution >= 4 is 17.2 Å². The lowest BCUT2D eigenvalue weighted by Gasteiger charge is -2.06. The summed E-state index contributed by atoms with van der Waals surface area (Å²) in [7, 11) is 3.95. The zero-order valence-corrected chi connectivity index (χ0v) is 8.81. The van der Waals surface area contributed by atoms with Gasteiger partial charge in [0.05, 0.1) is 5.69 Å². The topological polar surface area (TPSA) is 59.2 Å². The predicted molar refractivity (Wildman–Crippen MR) is 52.8 cm³/mol. The second-order valence-electron chi connectivity index (χ2n) is 3.13. The fourth-order valence-electron chi connectivity index (χ4n) is 0.967. The number of carbonyl (C=O) groups is 1. The molecule has 1 amide bonds. The van der Waals surface area contributed by atoms with Crippen molar-refractivity contribution in [2.75, 3.05) is 14.1 Å². The summed E-state index contributed by atoms with van der Waals surface area (Å²) >= 11 is 1.37. The van der Waals surface area contributed by atoms with E-state index < -0.39 is 5.91 Å². The summed E-state index contributed by atoms with van der Waals surface area (Å²) in [6, 6.07) is 0. The Morgan fingerprint density at radius 3 is 2.62 bits per heavy atom. The van der Waals surface area contributed by atoms with Gasteiger partial charge in [-0.3, -0.25) is 4.79 Å². The fourth-order valence-corrected chi connectivity index (χ4v) is 2.00. The lowest BCUT2D eigenvalue weighted by Crippen LogP contribution is -2.10. The van der Waals surface area contributed by atoms with Gasteiger partial charge in [0.1, 0.15) is 0 Å². The maximum atomic E-state index is 10.8. The number of hydrogen-bond acceptors (Lipinski definition) is 4. The van der Waals surface area contributed by atoms with Crippen LogP contribution in [0.15, 0.2) is 0 Å². The van der Waals surface area contributed by atoms with Crippen LogP contribution in [0.3, 0.4) is 0 Å². The van der Waals surface area contributed by atoms with Crippen LogP contribution in [0.25, 0.3) is 0 Å². The lowest BCUT2D eigenvalue weighted by molar-refractivity contribution is 0.1000. The highest BCUT2D eigenvalue weighted by atomic mass is 32.1. The van der Waals surface area contributed by atoms with Gasteiger partial charge in [-0.1, -0.05) is 0 Å². The molecule has 0 saturated heterocycles. The van der Waals surface area contributed by atoms with Gasteiger partial charge in [0.2, 0.25) is 0 Å². The monoisotopic (exact) mass is 199 g/mol. The van der Waals surface area contributed by atoms with Crippen molar-refractivity contribution in [3.8, 4) is 0 Å². The molecular formula is C8H13N3OS. The van der Waals surface area contributed by atoms with Crippen molar-refractivity contribution in [3.05, 3.63) is 15.6 Å². The summed E-state index contributed by atoms with van der Waals surface area (Å²) in [5.74, 6) is -0.446. The number of thiazole rings is 1. The minimum atomic E-state index is -0.446. The molecule has 0 bridgehead atoms. The van der Waals surface area contributed by atoms with Crippen LogP contribution in [0.4, 0.5) is 0 Å². The maximum absolute atomic E-state index is 10.8. The molecule has 5 heteroatoms. The average Bonchev–Trinajstić information content (AvgIpc) is 2.31. The van der Waals surface area contributed by atoms with Crippen molar-refractivity contribution in [2.45, 2.75) is 13.5 Å². The first-order chi connectivity index (χ1) is 6.00. The molecule has 1 rings (SSSR count). The van der Waals surface area contributed by atoms with Crippen molar-refractivity contribution in [3.63, 3.8) is 0 Å². The van der Waals surface area contributed by atoms with Crippen LogP contribution in [0, 0.1) is 6.92 Å². The number of carbonyl (C=O) groups excluding carboxylic acids is 1. The van der Waals surface area contributed by atoms with Crippen molar-refractivity contribution < 1.29 is 4.79 Å². The Morgan fingerprint density at radius 2 is 2.23 bits per heavy atom. The molecule has 0 aliphatic rings. The number of hydrogen-bond donors (Lipinski definition) is 1. The molecule has 0 aromatic carbocycles. The smallest absolute Gasteiger partial charge is 0.277 e. The van der Waals surface area contributed by atoms with E-state index in [9.17, 15) is 4.79 Å². The first-order valence-corrected chi connectivity index (χ1v) is 4.73. The second-order valence-corrected chi connectivity index (χ2v) is 4.21. The Balaban J connectivity index is 2.90. The van der Waals surface area contributed by atoms with E-state index in [0.717, 1.165) is 17.1 Å². The highest BCUT2D eigenvalue weighted by Crippen LogP contribution is 2.18. The van der Waals surface area contributed by atoms with Gasteiger partial charge in [-0.05, 0) is 21.0 Å². The molecule has 1 aromatic rings. The Morgan fingerprint density at radius 1 is 1.62 bits per heavy atom. The number of amides is 1. The third-order valence-electron chi connectivity index (χ3n) is 1.56. The normalized spacial score (nSPS) is 10.8. The van der Waals surface area contributed by atoms with Gasteiger partial charge in [0, 0.05) is 11.4 Å². The maximum Gasteiger partial charge on any atom is 0.277 e. The van der Waals surface area contributed by atoms with E-state index in [2.05, 4.69) is 4.98 Å². The van der Waals surface area contributed by atoms with Gasteiger partial charge >= 0.3 is 0 Å². The lowest BCUT2D eigenvalue weighted by atomic mass is 10.4. The zero-order valence-electron chi connectivity index (χ0n) is 8.00. The van der Waals surface area contributed by atoms with Gasteiger partial charge in [0.25, 0.3) is 5.91 Å². The van der Waals surface area contributed by atoms with Crippen LogP contribution in [0.2, 0.25) is 0 Å². The average molecular weight is 199 g/mol. The number of rotatable bonds is 3. The molecule has 72 valence electrons. The first kappa shape index (κ1) is 10.1. The Kier molecular flexibility index (Phi) is 3.00. The Hall–Kier alpha value is -0.940. The van der Waals surface area contributed by atoms with Crippen LogP contribution < -0.4 is 5.73 Å². The molecular weight excluding hydrogens is 186 g/mol. The van der Waals surface area contributed by atoms with E-state index >= 15 is 0 Å². The van der Waals surface area contributed by atoms with E-state index in [1.807, 2.05) is 25.9 Å². The standard InChI is InChI=1S/C8H13N3OS/c1-5-6(4-11(2)3)13-8(10-5)7(9)12/h4H2,1-3H3,(H2,9,12). The molecule has 0 spiro atoms. The third kappa shape index (κ3) is 2.50. The van der Waals surface area contributed by atoms with Crippen LogP contribution in [-0.4, -0.2) is 29.9 Å². The summed E-state index contributed by atoms with van der Waals surface area (Å²) < 4.78 is 0. The molecule has 2 N–H and O–H groups in total. The van der Waals surface area contributed by atoms with Crippen LogP contribution >= 0.6 is 11.3 Å². The molecule has 0 saturated carbocycles. The Bertz CT molecular complexity index is 319. The van der Waals surface area contributed by atoms with Gasteiger partial charge in [0.15, 0.2) is 5.01 Å². The van der Waals surface area contributed by atoms with Crippen LogP contribution in [0.5, 0.6) is 0 Å². The third-order valence-corrected chi connectivity index (χ3v) is 2.72. The molecule has 1 aromatic heterocycles. The Labute approximate surface area is 81.4 Å². The molecule has 0 atom stereocenters. The number of aromatic nitrogens is 1. The van der Waals surface area contributed by atoms with Gasteiger partial charge in [-0.2, -0.15) is 0 Å². The molecule has 0 radical (unpaired) electrons. The van der Waals surface area contributed by atoms with Crippen LogP contribution in [-0.2, 0) is 6.54 Å². The highest BCUT2D eigenvalue weighted by molar-refractivity contribution is 7.13. The summed E-state index contributed by atoms with van der Waals surface area (Å²) in [4.78, 5) is 18.0. The molecule has 0 aliphatic carbocycles. The summed E-state index contributed by atoms with van der Waals surface area (Å²) in [5, 5.41) is 0.398. The number of aryl methyl sites for hydroxylation is 1. The predicted octanol–water partition coefficient (Wildman–Crippen LogP) is 0.612. The van der Waals surface area contributed by atoms with Crippen LogP contribution in [0.1, 0.15) is 20.4 Å².